The van der Waals surface area contributed by atoms with Gasteiger partial charge in [-0.3, -0.25) is 9.78 Å². The Hall–Kier alpha value is -3.19. The van der Waals surface area contributed by atoms with Crippen LogP contribution in [0.25, 0.3) is 21.6 Å². The molecule has 1 aliphatic rings. The fraction of sp³-hybridized carbons (Fsp3) is 0.261. The number of aromatic amines is 1. The van der Waals surface area contributed by atoms with E-state index in [0.29, 0.717) is 17.9 Å². The molecule has 1 N–H and O–H groups in total. The molecule has 5 rings (SSSR count). The number of rotatable bonds is 4. The molecule has 0 aliphatic carbocycles. The largest absolute Gasteiger partial charge is 0.487 e. The Labute approximate surface area is 178 Å². The fourth-order valence-electron chi connectivity index (χ4n) is 4.02. The number of imidazole rings is 1. The van der Waals surface area contributed by atoms with E-state index in [0.717, 1.165) is 34.4 Å². The van der Waals surface area contributed by atoms with E-state index >= 15 is 0 Å². The highest BCUT2D eigenvalue weighted by Gasteiger charge is 2.32. The molecule has 30 heavy (non-hydrogen) atoms. The Morgan fingerprint density at radius 2 is 2.07 bits per heavy atom. The first-order valence-corrected chi connectivity index (χ1v) is 11.0. The number of piperidine rings is 1. The van der Waals surface area contributed by atoms with Crippen LogP contribution in [0, 0.1) is 0 Å². The maximum Gasteiger partial charge on any atom is 0.254 e. The Kier molecular flexibility index (Phi) is 4.96. The first kappa shape index (κ1) is 18.8. The number of thiophene rings is 1. The zero-order chi connectivity index (χ0) is 20.5. The zero-order valence-corrected chi connectivity index (χ0v) is 17.4. The molecule has 1 aromatic carbocycles. The smallest absolute Gasteiger partial charge is 0.254 e. The average Bonchev–Trinajstić information content (AvgIpc) is 3.47. The van der Waals surface area contributed by atoms with E-state index in [2.05, 4.69) is 21.9 Å². The molecule has 4 heterocycles. The van der Waals surface area contributed by atoms with Crippen LogP contribution in [0.1, 0.15) is 30.1 Å². The number of likely N-dealkylation sites (tertiary alicyclic amines) is 1. The number of hydrogen-bond acceptors (Lipinski definition) is 5. The van der Waals surface area contributed by atoms with Crippen LogP contribution in [0.4, 0.5) is 0 Å². The summed E-state index contributed by atoms with van der Waals surface area (Å²) >= 11 is 1.63. The molecule has 1 saturated heterocycles. The molecule has 4 aromatic rings. The SMILES string of the molecule is CC1CCC(Oc2ccnc3ccsc23)CN1C(=O)c1ccccc1-c1ncc[nH]1. The average molecular weight is 419 g/mol. The third kappa shape index (κ3) is 3.45. The second-order valence-electron chi connectivity index (χ2n) is 7.55. The van der Waals surface area contributed by atoms with Crippen molar-refractivity contribution in [2.75, 3.05) is 6.54 Å². The second kappa shape index (κ2) is 7.91. The van der Waals surface area contributed by atoms with E-state index in [4.69, 9.17) is 4.74 Å². The van der Waals surface area contributed by atoms with Crippen molar-refractivity contribution in [3.05, 3.63) is 65.9 Å². The highest BCUT2D eigenvalue weighted by Crippen LogP contribution is 2.32. The minimum atomic E-state index is -0.0476. The molecule has 0 spiro atoms. The Bertz CT molecular complexity index is 1170. The van der Waals surface area contributed by atoms with Gasteiger partial charge in [0.25, 0.3) is 5.91 Å². The topological polar surface area (TPSA) is 71.1 Å². The molecular formula is C23H22N4O2S. The van der Waals surface area contributed by atoms with Crippen LogP contribution in [-0.4, -0.2) is 44.4 Å². The number of carbonyl (C=O) groups excluding carboxylic acids is 1. The van der Waals surface area contributed by atoms with Gasteiger partial charge in [0.05, 0.1) is 22.3 Å². The molecule has 152 valence electrons. The summed E-state index contributed by atoms with van der Waals surface area (Å²) in [4.78, 5) is 27.3. The molecule has 6 nitrogen and oxygen atoms in total. The number of pyridine rings is 1. The third-order valence-corrected chi connectivity index (χ3v) is 6.53. The first-order valence-electron chi connectivity index (χ1n) is 10.1. The van der Waals surface area contributed by atoms with Crippen molar-refractivity contribution in [3.63, 3.8) is 0 Å². The maximum absolute atomic E-state index is 13.5. The minimum Gasteiger partial charge on any atom is -0.487 e. The number of fused-ring (bicyclic) bond motifs is 1. The summed E-state index contributed by atoms with van der Waals surface area (Å²) in [6, 6.07) is 11.7. The van der Waals surface area contributed by atoms with Gasteiger partial charge in [-0.15, -0.1) is 11.3 Å². The summed E-state index contributed by atoms with van der Waals surface area (Å²) in [5.74, 6) is 1.56. The Morgan fingerprint density at radius 1 is 1.17 bits per heavy atom. The number of aromatic nitrogens is 3. The van der Waals surface area contributed by atoms with Crippen LogP contribution < -0.4 is 4.74 Å². The highest BCUT2D eigenvalue weighted by atomic mass is 32.1. The number of benzene rings is 1. The Balaban J connectivity index is 1.39. The quantitative estimate of drug-likeness (QED) is 0.519. The predicted octanol–water partition coefficient (Wildman–Crippen LogP) is 4.76. The zero-order valence-electron chi connectivity index (χ0n) is 16.6. The molecule has 0 bridgehead atoms. The summed E-state index contributed by atoms with van der Waals surface area (Å²) in [6.45, 7) is 2.66. The number of hydrogen-bond donors (Lipinski definition) is 1. The molecule has 3 aromatic heterocycles. The molecule has 1 amide bonds. The van der Waals surface area contributed by atoms with Crippen molar-refractivity contribution in [2.24, 2.45) is 0 Å². The van der Waals surface area contributed by atoms with Crippen molar-refractivity contribution in [1.29, 1.82) is 0 Å². The predicted molar refractivity (Wildman–Crippen MR) is 118 cm³/mol. The van der Waals surface area contributed by atoms with Crippen molar-refractivity contribution >= 4 is 27.5 Å². The van der Waals surface area contributed by atoms with Gasteiger partial charge in [-0.2, -0.15) is 0 Å². The molecular weight excluding hydrogens is 396 g/mol. The number of ether oxygens (including phenoxy) is 1. The van der Waals surface area contributed by atoms with Crippen LogP contribution in [0.3, 0.4) is 0 Å². The number of amides is 1. The summed E-state index contributed by atoms with van der Waals surface area (Å²) < 4.78 is 7.40. The summed E-state index contributed by atoms with van der Waals surface area (Å²) in [5, 5.41) is 2.02. The van der Waals surface area contributed by atoms with E-state index in [1.807, 2.05) is 46.7 Å². The Morgan fingerprint density at radius 3 is 2.93 bits per heavy atom. The van der Waals surface area contributed by atoms with Crippen LogP contribution in [0.15, 0.2) is 60.4 Å². The summed E-state index contributed by atoms with van der Waals surface area (Å²) in [7, 11) is 0. The van der Waals surface area contributed by atoms with Crippen LogP contribution in [-0.2, 0) is 0 Å². The molecule has 1 aliphatic heterocycles. The van der Waals surface area contributed by atoms with Gasteiger partial charge in [-0.25, -0.2) is 4.98 Å². The van der Waals surface area contributed by atoms with Gasteiger partial charge >= 0.3 is 0 Å². The van der Waals surface area contributed by atoms with Crippen LogP contribution in [0.5, 0.6) is 5.75 Å². The maximum atomic E-state index is 13.5. The molecule has 0 radical (unpaired) electrons. The first-order chi connectivity index (χ1) is 14.7. The molecule has 2 atom stereocenters. The summed E-state index contributed by atoms with van der Waals surface area (Å²) in [5.41, 5.74) is 2.42. The lowest BCUT2D eigenvalue weighted by Crippen LogP contribution is -2.49. The minimum absolute atomic E-state index is 0.0128. The van der Waals surface area contributed by atoms with Gasteiger partial charge < -0.3 is 14.6 Å². The molecule has 1 fully saturated rings. The van der Waals surface area contributed by atoms with Gasteiger partial charge in [0, 0.05) is 30.2 Å². The lowest BCUT2D eigenvalue weighted by atomic mass is 9.98. The molecule has 0 saturated carbocycles. The van der Waals surface area contributed by atoms with E-state index in [9.17, 15) is 4.79 Å². The van der Waals surface area contributed by atoms with Gasteiger partial charge in [-0.05, 0) is 43.3 Å². The van der Waals surface area contributed by atoms with Crippen LogP contribution in [0.2, 0.25) is 0 Å². The lowest BCUT2D eigenvalue weighted by molar-refractivity contribution is 0.0389. The van der Waals surface area contributed by atoms with Gasteiger partial charge in [0.15, 0.2) is 0 Å². The highest BCUT2D eigenvalue weighted by molar-refractivity contribution is 7.17. The summed E-state index contributed by atoms with van der Waals surface area (Å²) in [6.07, 6.45) is 7.01. The standard InChI is InChI=1S/C23H22N4O2S/c1-15-6-7-16(29-20-8-10-24-19-9-13-30-21(19)20)14-27(15)23(28)18-5-3-2-4-17(18)22-25-11-12-26-22/h2-5,8-13,15-16H,6-7,14H2,1H3,(H,25,26). The van der Waals surface area contributed by atoms with Gasteiger partial charge in [0.2, 0.25) is 0 Å². The number of H-pyrrole nitrogens is 1. The van der Waals surface area contributed by atoms with Crippen molar-refractivity contribution in [3.8, 4) is 17.1 Å². The monoisotopic (exact) mass is 418 g/mol. The fourth-order valence-corrected chi connectivity index (χ4v) is 4.82. The van der Waals surface area contributed by atoms with Crippen molar-refractivity contribution in [2.45, 2.75) is 31.9 Å². The van der Waals surface area contributed by atoms with Gasteiger partial charge in [-0.1, -0.05) is 18.2 Å². The molecule has 2 unspecified atom stereocenters. The normalized spacial score (nSPS) is 19.2. The molecule has 7 heteroatoms. The third-order valence-electron chi connectivity index (χ3n) is 5.61. The second-order valence-corrected chi connectivity index (χ2v) is 8.47. The number of carbonyl (C=O) groups is 1. The van der Waals surface area contributed by atoms with E-state index in [1.54, 1.807) is 29.9 Å². The number of nitrogens with one attached hydrogen (secondary N) is 1. The van der Waals surface area contributed by atoms with Crippen molar-refractivity contribution < 1.29 is 9.53 Å². The van der Waals surface area contributed by atoms with E-state index in [-0.39, 0.29) is 18.1 Å². The lowest BCUT2D eigenvalue weighted by Gasteiger charge is -2.38. The van der Waals surface area contributed by atoms with Gasteiger partial charge in [0.1, 0.15) is 17.7 Å². The number of nitrogens with zero attached hydrogens (tertiary/aromatic N) is 3. The van der Waals surface area contributed by atoms with E-state index < -0.39 is 0 Å². The van der Waals surface area contributed by atoms with Crippen LogP contribution >= 0.6 is 11.3 Å². The van der Waals surface area contributed by atoms with E-state index in [1.165, 1.54) is 0 Å². The van der Waals surface area contributed by atoms with Crippen molar-refractivity contribution in [1.82, 2.24) is 19.9 Å².